The van der Waals surface area contributed by atoms with Gasteiger partial charge in [0.1, 0.15) is 11.4 Å². The number of aliphatic imine (C=N–C) groups is 1. The molecule has 8 heteroatoms. The van der Waals surface area contributed by atoms with Gasteiger partial charge in [0.2, 0.25) is 0 Å². The Morgan fingerprint density at radius 2 is 1.76 bits per heavy atom. The fourth-order valence-electron chi connectivity index (χ4n) is 4.96. The number of likely N-dealkylation sites (N-methyl/N-ethyl adjacent to an activating group) is 1. The minimum atomic E-state index is -0.457. The molecule has 2 atom stereocenters. The minimum Gasteiger partial charge on any atom is -0.483 e. The quantitative estimate of drug-likeness (QED) is 0.306. The van der Waals surface area contributed by atoms with Gasteiger partial charge < -0.3 is 15.3 Å². The summed E-state index contributed by atoms with van der Waals surface area (Å²) in [5, 5.41) is 9.76. The summed E-state index contributed by atoms with van der Waals surface area (Å²) < 4.78 is 0. The zero-order valence-electron chi connectivity index (χ0n) is 27.1. The molecule has 0 spiro atoms. The molecule has 1 aromatic heterocycles. The van der Waals surface area contributed by atoms with E-state index in [0.29, 0.717) is 17.5 Å². The summed E-state index contributed by atoms with van der Waals surface area (Å²) >= 11 is 0. The van der Waals surface area contributed by atoms with E-state index in [1.807, 2.05) is 50.4 Å². The van der Waals surface area contributed by atoms with Crippen molar-refractivity contribution < 1.29 is 19.5 Å². The van der Waals surface area contributed by atoms with Crippen molar-refractivity contribution >= 4 is 24.0 Å². The lowest BCUT2D eigenvalue weighted by molar-refractivity contribution is -0.126. The summed E-state index contributed by atoms with van der Waals surface area (Å²) in [5.41, 5.74) is 3.20. The maximum absolute atomic E-state index is 12.6. The highest BCUT2D eigenvalue weighted by molar-refractivity contribution is 6.46. The summed E-state index contributed by atoms with van der Waals surface area (Å²) in [5.74, 6) is 1.29. The minimum absolute atomic E-state index is 0.00990. The van der Waals surface area contributed by atoms with Gasteiger partial charge in [-0.25, -0.2) is 0 Å². The average Bonchev–Trinajstić information content (AvgIpc) is 3.17. The van der Waals surface area contributed by atoms with Crippen LogP contribution in [0.1, 0.15) is 103 Å². The van der Waals surface area contributed by atoms with E-state index in [9.17, 15) is 9.59 Å². The fraction of sp³-hybridized carbons (Fsp3) is 0.559. The number of hydrogen-bond donors (Lipinski definition) is 2. The summed E-state index contributed by atoms with van der Waals surface area (Å²) in [6.45, 7) is 18.1. The molecule has 0 bridgehead atoms. The van der Waals surface area contributed by atoms with Gasteiger partial charge in [-0.15, -0.1) is 0 Å². The molecule has 0 saturated carbocycles. The van der Waals surface area contributed by atoms with Crippen LogP contribution in [-0.2, 0) is 16.0 Å². The second-order valence-corrected chi connectivity index (χ2v) is 12.4. The predicted molar refractivity (Wildman–Crippen MR) is 171 cm³/mol. The Morgan fingerprint density at radius 3 is 2.24 bits per heavy atom. The van der Waals surface area contributed by atoms with Crippen LogP contribution in [0, 0.1) is 17.3 Å². The van der Waals surface area contributed by atoms with Crippen LogP contribution in [0.5, 0.6) is 0 Å². The van der Waals surface area contributed by atoms with Crippen molar-refractivity contribution in [3.8, 4) is 0 Å². The van der Waals surface area contributed by atoms with Gasteiger partial charge in [-0.3, -0.25) is 24.4 Å². The van der Waals surface area contributed by atoms with Crippen LogP contribution in [0.4, 0.5) is 0 Å². The lowest BCUT2D eigenvalue weighted by Crippen LogP contribution is -2.42. The Balaban J connectivity index is 0.000000405. The van der Waals surface area contributed by atoms with Crippen LogP contribution in [0.2, 0.25) is 0 Å². The van der Waals surface area contributed by atoms with Gasteiger partial charge in [-0.2, -0.15) is 0 Å². The number of carbonyl (C=O) groups excluding carboxylic acids is 2. The van der Waals surface area contributed by atoms with Gasteiger partial charge in [0, 0.05) is 37.1 Å². The van der Waals surface area contributed by atoms with E-state index in [0.717, 1.165) is 49.8 Å². The number of carbonyl (C=O) groups is 3. The lowest BCUT2D eigenvalue weighted by Gasteiger charge is -2.35. The van der Waals surface area contributed by atoms with Gasteiger partial charge >= 0.3 is 0 Å². The molecule has 2 N–H and O–H groups in total. The number of nitrogens with zero attached hydrogens (tertiary/aromatic N) is 3. The molecule has 42 heavy (non-hydrogen) atoms. The van der Waals surface area contributed by atoms with Crippen LogP contribution in [0.15, 0.2) is 53.8 Å². The zero-order valence-corrected chi connectivity index (χ0v) is 27.1. The summed E-state index contributed by atoms with van der Waals surface area (Å²) in [6, 6.07) is 11.6. The largest absolute Gasteiger partial charge is 0.483 e. The molecule has 3 rings (SSSR count). The van der Waals surface area contributed by atoms with E-state index >= 15 is 0 Å². The Hall–Kier alpha value is -3.55. The van der Waals surface area contributed by atoms with Crippen molar-refractivity contribution in [3.63, 3.8) is 0 Å². The topological polar surface area (TPSA) is 112 Å². The number of nitrogens with one attached hydrogen (secondary N) is 1. The number of benzene rings is 1. The van der Waals surface area contributed by atoms with Gasteiger partial charge in [-0.1, -0.05) is 67.0 Å². The third kappa shape index (κ3) is 11.4. The van der Waals surface area contributed by atoms with E-state index in [1.54, 1.807) is 17.3 Å². The molecule has 0 fully saturated rings. The van der Waals surface area contributed by atoms with Crippen LogP contribution in [0.25, 0.3) is 0 Å². The van der Waals surface area contributed by atoms with Crippen LogP contribution in [0.3, 0.4) is 0 Å². The van der Waals surface area contributed by atoms with Crippen LogP contribution >= 0.6 is 0 Å². The normalized spacial score (nSPS) is 17.0. The molecular weight excluding hydrogens is 528 g/mol. The van der Waals surface area contributed by atoms with E-state index < -0.39 is 5.66 Å². The molecule has 1 aliphatic rings. The molecule has 0 radical (unpaired) electrons. The molecule has 1 aliphatic heterocycles. The molecule has 2 amide bonds. The Morgan fingerprint density at radius 1 is 1.14 bits per heavy atom. The number of hydrogen-bond acceptors (Lipinski definition) is 5. The smallest absolute Gasteiger partial charge is 0.290 e. The molecular formula is C34H52N4O4. The Labute approximate surface area is 253 Å². The van der Waals surface area contributed by atoms with Crippen molar-refractivity contribution in [2.75, 3.05) is 13.6 Å². The van der Waals surface area contributed by atoms with Gasteiger partial charge in [-0.05, 0) is 79.7 Å². The number of carboxylic acid groups (broad SMARTS) is 1. The van der Waals surface area contributed by atoms with Crippen LogP contribution < -0.4 is 5.32 Å². The second kappa shape index (κ2) is 17.4. The van der Waals surface area contributed by atoms with E-state index in [1.165, 1.54) is 5.56 Å². The molecule has 1 aromatic carbocycles. The van der Waals surface area contributed by atoms with Crippen molar-refractivity contribution in [2.24, 2.45) is 22.2 Å². The zero-order chi connectivity index (χ0) is 31.9. The van der Waals surface area contributed by atoms with Gasteiger partial charge in [0.15, 0.2) is 0 Å². The van der Waals surface area contributed by atoms with E-state index in [2.05, 4.69) is 58.8 Å². The van der Waals surface area contributed by atoms with E-state index in [4.69, 9.17) is 14.9 Å². The van der Waals surface area contributed by atoms with Gasteiger partial charge in [0.25, 0.3) is 18.3 Å². The molecule has 2 heterocycles. The first-order valence-corrected chi connectivity index (χ1v) is 15.0. The molecule has 0 saturated heterocycles. The van der Waals surface area contributed by atoms with Crippen molar-refractivity contribution in [1.29, 1.82) is 0 Å². The molecule has 8 nitrogen and oxygen atoms in total. The fourth-order valence-corrected chi connectivity index (χ4v) is 4.96. The first kappa shape index (κ1) is 36.5. The summed E-state index contributed by atoms with van der Waals surface area (Å²) in [4.78, 5) is 43.3. The van der Waals surface area contributed by atoms with Crippen molar-refractivity contribution in [2.45, 2.75) is 93.2 Å². The first-order valence-electron chi connectivity index (χ1n) is 15.0. The van der Waals surface area contributed by atoms with Gasteiger partial charge in [0.05, 0.1) is 0 Å². The summed E-state index contributed by atoms with van der Waals surface area (Å²) in [7, 11) is 1.85. The second-order valence-electron chi connectivity index (χ2n) is 12.4. The van der Waals surface area contributed by atoms with Crippen LogP contribution in [-0.4, -0.2) is 58.2 Å². The van der Waals surface area contributed by atoms with Crippen molar-refractivity contribution in [1.82, 2.24) is 15.2 Å². The molecule has 2 aromatic rings. The highest BCUT2D eigenvalue weighted by Crippen LogP contribution is 2.37. The predicted octanol–water partition coefficient (Wildman–Crippen LogP) is 6.64. The number of rotatable bonds is 10. The highest BCUT2D eigenvalue weighted by Gasteiger charge is 2.42. The molecule has 0 aliphatic carbocycles. The molecule has 2 unspecified atom stereocenters. The monoisotopic (exact) mass is 580 g/mol. The highest BCUT2D eigenvalue weighted by atomic mass is 16.3. The maximum atomic E-state index is 12.6. The third-order valence-electron chi connectivity index (χ3n) is 7.60. The lowest BCUT2D eigenvalue weighted by atomic mass is 9.75. The van der Waals surface area contributed by atoms with E-state index in [-0.39, 0.29) is 23.7 Å². The number of amides is 2. The standard InChI is InChI=1S/C19H29N3O.C14H21NO.CH2O2/c1-7-15(18(2,3)4)10-11-19(5)21-16(17(23)22(19)6)14-9-8-12-20-13-14;1-4-9-15-14(16)13-7-5-12(6-8-13)10-11(2)3;2-1-3/h8-9,12-13,15H,7,10-11H2,1-6H3;5-8,11H,4,9-10H2,1-3H3,(H,15,16);1H,(H,2,3). The summed E-state index contributed by atoms with van der Waals surface area (Å²) in [6.07, 6.45) is 8.55. The van der Waals surface area contributed by atoms with Crippen molar-refractivity contribution in [3.05, 3.63) is 65.5 Å². The maximum Gasteiger partial charge on any atom is 0.290 e. The Kier molecular flexibility index (Phi) is 15.1. The molecule has 232 valence electrons. The number of pyridine rings is 1. The Bertz CT molecular complexity index is 1140. The number of aromatic nitrogens is 1. The third-order valence-corrected chi connectivity index (χ3v) is 7.60. The first-order chi connectivity index (χ1) is 19.7. The SMILES string of the molecule is CCC(CCC1(C)N=C(c2cccnc2)C(=O)N1C)C(C)(C)C.CCCNC(=O)c1ccc(CC(C)C)cc1.O=CO. The average molecular weight is 581 g/mol.